The number of carbonyl (C=O) groups is 2. The number of benzene rings is 1. The van der Waals surface area contributed by atoms with Crippen LogP contribution in [0.2, 0.25) is 0 Å². The number of hydrogen-bond donors (Lipinski definition) is 1. The zero-order valence-electron chi connectivity index (χ0n) is 20.8. The average molecular weight is 482 g/mol. The van der Waals surface area contributed by atoms with E-state index < -0.39 is 18.2 Å². The Morgan fingerprint density at radius 3 is 2.83 bits per heavy atom. The Morgan fingerprint density at radius 2 is 2.14 bits per heavy atom. The molecular formula is C27H35N3O5. The maximum Gasteiger partial charge on any atom is 0.407 e. The fraction of sp³-hybridized carbons (Fsp3) is 0.519. The molecule has 2 bridgehead atoms. The number of hydrogen-bond acceptors (Lipinski definition) is 7. The fourth-order valence-electron chi connectivity index (χ4n) is 5.41. The highest BCUT2D eigenvalue weighted by molar-refractivity contribution is 5.87. The number of alkyl carbamates (subject to hydrolysis) is 1. The summed E-state index contributed by atoms with van der Waals surface area (Å²) in [5, 5.41) is 3.64. The summed E-state index contributed by atoms with van der Waals surface area (Å²) < 4.78 is 16.6. The zero-order chi connectivity index (χ0) is 24.9. The van der Waals surface area contributed by atoms with Crippen LogP contribution in [-0.2, 0) is 14.3 Å². The molecule has 1 amide bonds. The highest BCUT2D eigenvalue weighted by atomic mass is 16.6. The largest absolute Gasteiger partial charge is 0.497 e. The van der Waals surface area contributed by atoms with Gasteiger partial charge in [0.05, 0.1) is 25.2 Å². The molecule has 0 aliphatic carbocycles. The van der Waals surface area contributed by atoms with Gasteiger partial charge in [0.15, 0.2) is 0 Å². The molecule has 5 rings (SSSR count). The number of pyridine rings is 1. The number of aromatic nitrogens is 1. The SMILES string of the molecule is C=C(C)C(=O)OCCNC(=O)O[C@@H](c1ccnc2ccc(OC)cc12)[C@H]1C[C@@H]2CCN1C[C@@H]2CC. The van der Waals surface area contributed by atoms with Crippen molar-refractivity contribution in [1.29, 1.82) is 0 Å². The van der Waals surface area contributed by atoms with Crippen molar-refractivity contribution in [2.45, 2.75) is 45.3 Å². The second-order valence-electron chi connectivity index (χ2n) is 9.47. The lowest BCUT2D eigenvalue weighted by Crippen LogP contribution is -2.56. The lowest BCUT2D eigenvalue weighted by molar-refractivity contribution is -0.138. The molecule has 3 aliphatic heterocycles. The van der Waals surface area contributed by atoms with Crippen molar-refractivity contribution in [2.24, 2.45) is 11.8 Å². The predicted octanol–water partition coefficient (Wildman–Crippen LogP) is 4.25. The van der Waals surface area contributed by atoms with Crippen LogP contribution in [0.15, 0.2) is 42.6 Å². The summed E-state index contributed by atoms with van der Waals surface area (Å²) in [6, 6.07) is 7.78. The van der Waals surface area contributed by atoms with Gasteiger partial charge in [-0.15, -0.1) is 0 Å². The van der Waals surface area contributed by atoms with E-state index in [4.69, 9.17) is 14.2 Å². The Bertz CT molecular complexity index is 1090. The van der Waals surface area contributed by atoms with Crippen LogP contribution in [-0.4, -0.2) is 61.3 Å². The number of ether oxygens (including phenoxy) is 3. The molecular weight excluding hydrogens is 446 g/mol. The van der Waals surface area contributed by atoms with Crippen molar-refractivity contribution < 1.29 is 23.8 Å². The van der Waals surface area contributed by atoms with Crippen molar-refractivity contribution in [1.82, 2.24) is 15.2 Å². The van der Waals surface area contributed by atoms with Gasteiger partial charge in [-0.2, -0.15) is 0 Å². The van der Waals surface area contributed by atoms with E-state index in [1.54, 1.807) is 20.2 Å². The topological polar surface area (TPSA) is 90.0 Å². The standard InChI is InChI=1S/C27H35N3O5/c1-5-18-16-30-12-9-19(18)14-24(30)25(35-27(32)29-11-13-34-26(31)17(2)3)21-8-10-28-23-7-6-20(33-4)15-22(21)23/h6-8,10,15,18-19,24-25H,2,5,9,11-14,16H2,1,3-4H3,(H,29,32)/t18-,19-,24+,25-/m0/s1. The summed E-state index contributed by atoms with van der Waals surface area (Å²) >= 11 is 0. The molecule has 0 spiro atoms. The van der Waals surface area contributed by atoms with Crippen molar-refractivity contribution in [3.63, 3.8) is 0 Å². The minimum atomic E-state index is -0.538. The molecule has 35 heavy (non-hydrogen) atoms. The van der Waals surface area contributed by atoms with Crippen LogP contribution >= 0.6 is 0 Å². The van der Waals surface area contributed by atoms with E-state index in [1.165, 1.54) is 6.42 Å². The van der Waals surface area contributed by atoms with Crippen LogP contribution < -0.4 is 10.1 Å². The summed E-state index contributed by atoms with van der Waals surface area (Å²) in [6.45, 7) is 9.64. The first-order chi connectivity index (χ1) is 16.9. The van der Waals surface area contributed by atoms with Crippen molar-refractivity contribution in [3.05, 3.63) is 48.2 Å². The third-order valence-corrected chi connectivity index (χ3v) is 7.29. The van der Waals surface area contributed by atoms with Gasteiger partial charge in [-0.25, -0.2) is 9.59 Å². The van der Waals surface area contributed by atoms with E-state index >= 15 is 0 Å². The zero-order valence-corrected chi connectivity index (χ0v) is 20.8. The Balaban J connectivity index is 1.57. The first-order valence-electron chi connectivity index (χ1n) is 12.3. The second kappa shape index (κ2) is 11.1. The van der Waals surface area contributed by atoms with Crippen LogP contribution in [0, 0.1) is 11.8 Å². The fourth-order valence-corrected chi connectivity index (χ4v) is 5.41. The number of amides is 1. The summed E-state index contributed by atoms with van der Waals surface area (Å²) in [6.07, 6.45) is 4.10. The molecule has 1 N–H and O–H groups in total. The smallest absolute Gasteiger partial charge is 0.407 e. The molecule has 188 valence electrons. The van der Waals surface area contributed by atoms with Crippen LogP contribution in [0.4, 0.5) is 4.79 Å². The number of rotatable bonds is 9. The Kier molecular flexibility index (Phi) is 7.90. The lowest BCUT2D eigenvalue weighted by atomic mass is 9.72. The molecule has 3 fully saturated rings. The molecule has 4 heterocycles. The first-order valence-corrected chi connectivity index (χ1v) is 12.3. The number of nitrogens with zero attached hydrogens (tertiary/aromatic N) is 2. The summed E-state index contributed by atoms with van der Waals surface area (Å²) in [5.41, 5.74) is 2.06. The molecule has 3 saturated heterocycles. The molecule has 8 heteroatoms. The normalized spacial score (nSPS) is 24.0. The molecule has 0 saturated carbocycles. The van der Waals surface area contributed by atoms with Gasteiger partial charge >= 0.3 is 12.1 Å². The maximum absolute atomic E-state index is 12.9. The number of carbonyl (C=O) groups excluding carboxylic acids is 2. The molecule has 5 atom stereocenters. The minimum absolute atomic E-state index is 0.0522. The Hall–Kier alpha value is -3.13. The van der Waals surface area contributed by atoms with Crippen molar-refractivity contribution >= 4 is 23.0 Å². The van der Waals surface area contributed by atoms with Gasteiger partial charge in [0.1, 0.15) is 18.5 Å². The summed E-state index contributed by atoms with van der Waals surface area (Å²) in [4.78, 5) is 31.4. The monoisotopic (exact) mass is 481 g/mol. The maximum atomic E-state index is 12.9. The third-order valence-electron chi connectivity index (χ3n) is 7.29. The molecule has 3 aliphatic rings. The molecule has 0 radical (unpaired) electrons. The highest BCUT2D eigenvalue weighted by Gasteiger charge is 2.44. The first kappa shape index (κ1) is 25.0. The molecule has 1 aromatic carbocycles. The lowest BCUT2D eigenvalue weighted by Gasteiger charge is -2.51. The second-order valence-corrected chi connectivity index (χ2v) is 9.47. The van der Waals surface area contributed by atoms with E-state index in [2.05, 4.69) is 28.7 Å². The number of methoxy groups -OCH3 is 1. The number of fused-ring (bicyclic) bond motifs is 4. The van der Waals surface area contributed by atoms with Gasteiger partial charge in [-0.05, 0) is 62.4 Å². The van der Waals surface area contributed by atoms with E-state index in [0.29, 0.717) is 17.4 Å². The molecule has 1 aromatic heterocycles. The number of nitrogens with one attached hydrogen (secondary N) is 1. The van der Waals surface area contributed by atoms with E-state index in [-0.39, 0.29) is 19.2 Å². The Morgan fingerprint density at radius 1 is 1.31 bits per heavy atom. The van der Waals surface area contributed by atoms with Crippen molar-refractivity contribution in [3.8, 4) is 5.75 Å². The number of esters is 1. The average Bonchev–Trinajstić information content (AvgIpc) is 2.89. The quantitative estimate of drug-likeness (QED) is 0.325. The molecule has 1 unspecified atom stereocenters. The van der Waals surface area contributed by atoms with Gasteiger partial charge in [-0.1, -0.05) is 19.9 Å². The van der Waals surface area contributed by atoms with Gasteiger partial charge in [0.25, 0.3) is 0 Å². The predicted molar refractivity (Wildman–Crippen MR) is 133 cm³/mol. The minimum Gasteiger partial charge on any atom is -0.497 e. The van der Waals surface area contributed by atoms with E-state index in [1.807, 2.05) is 24.3 Å². The van der Waals surface area contributed by atoms with Gasteiger partial charge in [0.2, 0.25) is 0 Å². The van der Waals surface area contributed by atoms with Crippen LogP contribution in [0.5, 0.6) is 5.75 Å². The Labute approximate surface area is 206 Å². The summed E-state index contributed by atoms with van der Waals surface area (Å²) in [5.74, 6) is 1.57. The van der Waals surface area contributed by atoms with Gasteiger partial charge in [-0.3, -0.25) is 9.88 Å². The number of piperidine rings is 3. The molecule has 8 nitrogen and oxygen atoms in total. The van der Waals surface area contributed by atoms with Crippen LogP contribution in [0.3, 0.4) is 0 Å². The van der Waals surface area contributed by atoms with E-state index in [0.717, 1.165) is 48.1 Å². The highest BCUT2D eigenvalue weighted by Crippen LogP contribution is 2.44. The van der Waals surface area contributed by atoms with Gasteiger partial charge in [0, 0.05) is 29.3 Å². The third kappa shape index (κ3) is 5.59. The van der Waals surface area contributed by atoms with Crippen LogP contribution in [0.1, 0.15) is 44.8 Å². The van der Waals surface area contributed by atoms with Crippen LogP contribution in [0.25, 0.3) is 10.9 Å². The van der Waals surface area contributed by atoms with Gasteiger partial charge < -0.3 is 19.5 Å². The van der Waals surface area contributed by atoms with E-state index in [9.17, 15) is 9.59 Å². The van der Waals surface area contributed by atoms with Crippen molar-refractivity contribution in [2.75, 3.05) is 33.4 Å². The molecule has 2 aromatic rings. The summed E-state index contributed by atoms with van der Waals surface area (Å²) in [7, 11) is 1.63.